The Morgan fingerprint density at radius 1 is 1.03 bits per heavy atom. The Morgan fingerprint density at radius 2 is 1.74 bits per heavy atom. The Morgan fingerprint density at radius 3 is 2.42 bits per heavy atom. The molecular formula is C27H44O4. The third-order valence-electron chi connectivity index (χ3n) is 10.4. The molecule has 4 rings (SSSR count). The highest BCUT2D eigenvalue weighted by Gasteiger charge is 2.66. The van der Waals surface area contributed by atoms with Crippen LogP contribution in [0.4, 0.5) is 0 Å². The monoisotopic (exact) mass is 432 g/mol. The van der Waals surface area contributed by atoms with Crippen molar-refractivity contribution in [3.63, 3.8) is 0 Å². The second-order valence-electron chi connectivity index (χ2n) is 12.4. The first-order chi connectivity index (χ1) is 14.4. The summed E-state index contributed by atoms with van der Waals surface area (Å²) >= 11 is 0. The molecule has 31 heavy (non-hydrogen) atoms. The van der Waals surface area contributed by atoms with E-state index in [1.165, 1.54) is 0 Å². The van der Waals surface area contributed by atoms with Gasteiger partial charge in [-0.2, -0.15) is 0 Å². The number of carbonyl (C=O) groups is 1. The molecule has 0 aromatic carbocycles. The second-order valence-corrected chi connectivity index (χ2v) is 12.4. The van der Waals surface area contributed by atoms with Crippen LogP contribution in [-0.2, 0) is 4.79 Å². The standard InChI is InChI=1S/C27H44O4/c1-16(2)6-7-23(29)17(3)19-10-13-27(31)21-15-24(30)22-14-18(28)8-11-25(22,4)20(21)9-12-26(19,27)5/h15-20,22-23,28-29,31H,6-14H2,1-5H3/t17-,18-,19+,20-,22-,23+,25+,26+,27+/m0/s1. The van der Waals surface area contributed by atoms with E-state index < -0.39 is 5.60 Å². The zero-order valence-corrected chi connectivity index (χ0v) is 20.2. The SMILES string of the molecule is CC(C)CC[C@@H](O)[C@@H](C)[C@H]1CC[C@@]2(O)C3=CC(=O)[C@@H]4C[C@@H](O)CC[C@]4(C)[C@H]3CC[C@]12C. The number of hydrogen-bond donors (Lipinski definition) is 3. The molecule has 3 saturated carbocycles. The number of hydrogen-bond acceptors (Lipinski definition) is 4. The van der Waals surface area contributed by atoms with Crippen LogP contribution in [0.25, 0.3) is 0 Å². The lowest BCUT2D eigenvalue weighted by Crippen LogP contribution is -2.59. The fourth-order valence-corrected chi connectivity index (χ4v) is 8.24. The van der Waals surface area contributed by atoms with Crippen molar-refractivity contribution in [3.05, 3.63) is 11.6 Å². The molecule has 0 saturated heterocycles. The largest absolute Gasteiger partial charge is 0.393 e. The van der Waals surface area contributed by atoms with Crippen molar-refractivity contribution in [1.82, 2.24) is 0 Å². The zero-order valence-electron chi connectivity index (χ0n) is 20.2. The fourth-order valence-electron chi connectivity index (χ4n) is 8.24. The van der Waals surface area contributed by atoms with E-state index >= 15 is 0 Å². The van der Waals surface area contributed by atoms with Crippen LogP contribution < -0.4 is 0 Å². The maximum absolute atomic E-state index is 13.2. The summed E-state index contributed by atoms with van der Waals surface area (Å²) in [5.74, 6) is 1.19. The first-order valence-electron chi connectivity index (χ1n) is 12.8. The molecule has 0 amide bonds. The van der Waals surface area contributed by atoms with Gasteiger partial charge in [-0.1, -0.05) is 34.6 Å². The van der Waals surface area contributed by atoms with Crippen LogP contribution in [0.5, 0.6) is 0 Å². The molecular weight excluding hydrogens is 388 g/mol. The molecule has 9 atom stereocenters. The number of carbonyl (C=O) groups excluding carboxylic acids is 1. The number of allylic oxidation sites excluding steroid dienone is 1. The molecule has 0 bridgehead atoms. The van der Waals surface area contributed by atoms with Crippen molar-refractivity contribution in [2.24, 2.45) is 40.4 Å². The average Bonchev–Trinajstić information content (AvgIpc) is 2.99. The molecule has 3 N–H and O–H groups in total. The summed E-state index contributed by atoms with van der Waals surface area (Å²) in [6, 6.07) is 0. The fraction of sp³-hybridized carbons (Fsp3) is 0.889. The van der Waals surface area contributed by atoms with Gasteiger partial charge in [0.2, 0.25) is 0 Å². The predicted octanol–water partition coefficient (Wildman–Crippen LogP) is 4.65. The van der Waals surface area contributed by atoms with Crippen LogP contribution in [0, 0.1) is 40.4 Å². The van der Waals surface area contributed by atoms with Crippen LogP contribution in [0.2, 0.25) is 0 Å². The van der Waals surface area contributed by atoms with Gasteiger partial charge >= 0.3 is 0 Å². The number of fused-ring (bicyclic) bond motifs is 5. The molecule has 4 heteroatoms. The average molecular weight is 433 g/mol. The lowest BCUT2D eigenvalue weighted by atomic mass is 9.46. The van der Waals surface area contributed by atoms with Crippen LogP contribution in [0.3, 0.4) is 0 Å². The van der Waals surface area contributed by atoms with E-state index in [9.17, 15) is 20.1 Å². The highest BCUT2D eigenvalue weighted by Crippen LogP contribution is 2.68. The number of aliphatic hydroxyl groups excluding tert-OH is 2. The van der Waals surface area contributed by atoms with Gasteiger partial charge in [-0.15, -0.1) is 0 Å². The van der Waals surface area contributed by atoms with Gasteiger partial charge in [0.25, 0.3) is 0 Å². The van der Waals surface area contributed by atoms with Gasteiger partial charge in [-0.25, -0.2) is 0 Å². The van der Waals surface area contributed by atoms with E-state index in [4.69, 9.17) is 0 Å². The maximum Gasteiger partial charge on any atom is 0.159 e. The van der Waals surface area contributed by atoms with Crippen LogP contribution >= 0.6 is 0 Å². The maximum atomic E-state index is 13.2. The topological polar surface area (TPSA) is 77.8 Å². The van der Waals surface area contributed by atoms with Crippen LogP contribution in [0.15, 0.2) is 11.6 Å². The van der Waals surface area contributed by atoms with E-state index in [-0.39, 0.29) is 52.5 Å². The summed E-state index contributed by atoms with van der Waals surface area (Å²) < 4.78 is 0. The lowest BCUT2D eigenvalue weighted by molar-refractivity contribution is -0.142. The summed E-state index contributed by atoms with van der Waals surface area (Å²) in [5, 5.41) is 33.3. The quantitative estimate of drug-likeness (QED) is 0.591. The molecule has 0 radical (unpaired) electrons. The van der Waals surface area contributed by atoms with Gasteiger partial charge in [0.1, 0.15) is 0 Å². The number of aliphatic hydroxyl groups is 3. The Balaban J connectivity index is 1.63. The zero-order chi connectivity index (χ0) is 22.8. The molecule has 0 aromatic rings. The molecule has 4 aliphatic rings. The first kappa shape index (κ1) is 23.4. The highest BCUT2D eigenvalue weighted by molar-refractivity contribution is 5.95. The second kappa shape index (κ2) is 7.95. The molecule has 4 nitrogen and oxygen atoms in total. The van der Waals surface area contributed by atoms with Gasteiger partial charge < -0.3 is 15.3 Å². The Labute approximate surface area is 188 Å². The number of ketones is 1. The van der Waals surface area contributed by atoms with E-state index in [0.717, 1.165) is 50.5 Å². The molecule has 0 aliphatic heterocycles. The van der Waals surface area contributed by atoms with Crippen LogP contribution in [-0.4, -0.2) is 38.9 Å². The first-order valence-corrected chi connectivity index (χ1v) is 12.8. The van der Waals surface area contributed by atoms with Crippen LogP contribution in [0.1, 0.15) is 92.4 Å². The Bertz CT molecular complexity index is 744. The predicted molar refractivity (Wildman–Crippen MR) is 122 cm³/mol. The third kappa shape index (κ3) is 3.47. The van der Waals surface area contributed by atoms with Gasteiger partial charge in [-0.05, 0) is 98.5 Å². The van der Waals surface area contributed by atoms with Crippen molar-refractivity contribution in [3.8, 4) is 0 Å². The molecule has 4 aliphatic carbocycles. The minimum Gasteiger partial charge on any atom is -0.393 e. The van der Waals surface area contributed by atoms with Gasteiger partial charge in [0, 0.05) is 11.3 Å². The Kier molecular flexibility index (Phi) is 6.02. The highest BCUT2D eigenvalue weighted by atomic mass is 16.3. The third-order valence-corrected chi connectivity index (χ3v) is 10.4. The molecule has 176 valence electrons. The summed E-state index contributed by atoms with van der Waals surface area (Å²) in [7, 11) is 0. The van der Waals surface area contributed by atoms with Crippen molar-refractivity contribution >= 4 is 5.78 Å². The molecule has 0 aromatic heterocycles. The number of rotatable bonds is 5. The Hall–Kier alpha value is -0.710. The minimum absolute atomic E-state index is 0.110. The van der Waals surface area contributed by atoms with Crippen molar-refractivity contribution in [1.29, 1.82) is 0 Å². The van der Waals surface area contributed by atoms with Crippen molar-refractivity contribution in [2.45, 2.75) is 110 Å². The van der Waals surface area contributed by atoms with Crippen molar-refractivity contribution in [2.75, 3.05) is 0 Å². The van der Waals surface area contributed by atoms with Crippen molar-refractivity contribution < 1.29 is 20.1 Å². The van der Waals surface area contributed by atoms with Gasteiger partial charge in [0.05, 0.1) is 17.8 Å². The normalized spacial score (nSPS) is 46.7. The van der Waals surface area contributed by atoms with E-state index in [2.05, 4.69) is 34.6 Å². The smallest absolute Gasteiger partial charge is 0.159 e. The van der Waals surface area contributed by atoms with Gasteiger partial charge in [-0.3, -0.25) is 4.79 Å². The molecule has 3 fully saturated rings. The van der Waals surface area contributed by atoms with E-state index in [0.29, 0.717) is 18.8 Å². The summed E-state index contributed by atoms with van der Waals surface area (Å²) in [4.78, 5) is 13.2. The van der Waals surface area contributed by atoms with E-state index in [1.807, 2.05) is 0 Å². The summed E-state index contributed by atoms with van der Waals surface area (Å²) in [6.07, 6.45) is 8.60. The van der Waals surface area contributed by atoms with Gasteiger partial charge in [0.15, 0.2) is 5.78 Å². The minimum atomic E-state index is -0.952. The van der Waals surface area contributed by atoms with E-state index in [1.54, 1.807) is 6.08 Å². The molecule has 0 heterocycles. The summed E-state index contributed by atoms with van der Waals surface area (Å²) in [5.41, 5.74) is -0.428. The summed E-state index contributed by atoms with van der Waals surface area (Å²) in [6.45, 7) is 11.0. The molecule has 0 unspecified atom stereocenters. The lowest BCUT2D eigenvalue weighted by Gasteiger charge is -2.59. The molecule has 0 spiro atoms.